The number of para-hydroxylation sites is 1. The molecule has 2 aromatic rings. The molecular weight excluding hydrogens is 342 g/mol. The molecule has 4 N–H and O–H groups in total. The number of rotatable bonds is 9. The van der Waals surface area contributed by atoms with Gasteiger partial charge in [0.1, 0.15) is 0 Å². The van der Waals surface area contributed by atoms with Crippen LogP contribution in [0.4, 0.5) is 5.69 Å². The van der Waals surface area contributed by atoms with E-state index in [1.807, 2.05) is 49.1 Å². The molecule has 0 saturated heterocycles. The summed E-state index contributed by atoms with van der Waals surface area (Å²) in [5.41, 5.74) is 7.08. The van der Waals surface area contributed by atoms with Crippen LogP contribution in [0.25, 0.3) is 0 Å². The lowest BCUT2D eigenvalue weighted by Gasteiger charge is -2.32. The number of hydrogen-bond donors (Lipinski definition) is 3. The molecule has 6 nitrogen and oxygen atoms in total. The van der Waals surface area contributed by atoms with Crippen LogP contribution in [0, 0.1) is 5.92 Å². The number of nitrogens with one attached hydrogen (secondary N) is 1. The van der Waals surface area contributed by atoms with Gasteiger partial charge in [-0.25, -0.2) is 0 Å². The third kappa shape index (κ3) is 5.91. The van der Waals surface area contributed by atoms with Crippen LogP contribution < -0.4 is 11.1 Å². The molecule has 0 fully saturated rings. The maximum Gasteiger partial charge on any atom is 0.250 e. The molecule has 0 bridgehead atoms. The maximum atomic E-state index is 12.6. The first kappa shape index (κ1) is 20.6. The molecule has 1 unspecified atom stereocenters. The molecular formula is C21H27N3O3. The first-order valence-corrected chi connectivity index (χ1v) is 9.00. The van der Waals surface area contributed by atoms with Crippen LogP contribution in [-0.4, -0.2) is 41.0 Å². The highest BCUT2D eigenvalue weighted by Crippen LogP contribution is 2.17. The predicted octanol–water partition coefficient (Wildman–Crippen LogP) is 2.24. The number of carbonyl (C=O) groups excluding carboxylic acids is 2. The summed E-state index contributed by atoms with van der Waals surface area (Å²) in [6.45, 7) is 4.61. The molecule has 0 aliphatic carbocycles. The minimum absolute atomic E-state index is 0.0460. The first-order chi connectivity index (χ1) is 12.9. The average Bonchev–Trinajstić information content (AvgIpc) is 2.63. The van der Waals surface area contributed by atoms with Gasteiger partial charge in [-0.1, -0.05) is 56.3 Å². The van der Waals surface area contributed by atoms with E-state index < -0.39 is 5.91 Å². The number of hydrogen-bond acceptors (Lipinski definition) is 4. The Balaban J connectivity index is 2.16. The lowest BCUT2D eigenvalue weighted by Crippen LogP contribution is -2.45. The smallest absolute Gasteiger partial charge is 0.250 e. The van der Waals surface area contributed by atoms with Crippen molar-refractivity contribution in [3.63, 3.8) is 0 Å². The summed E-state index contributed by atoms with van der Waals surface area (Å²) >= 11 is 0. The van der Waals surface area contributed by atoms with Crippen LogP contribution in [0.5, 0.6) is 0 Å². The monoisotopic (exact) mass is 369 g/mol. The highest BCUT2D eigenvalue weighted by Gasteiger charge is 2.24. The number of carbonyl (C=O) groups is 2. The van der Waals surface area contributed by atoms with Crippen molar-refractivity contribution in [1.82, 2.24) is 4.90 Å². The van der Waals surface area contributed by atoms with Crippen LogP contribution in [-0.2, 0) is 11.3 Å². The van der Waals surface area contributed by atoms with Gasteiger partial charge in [0.25, 0.3) is 5.91 Å². The fourth-order valence-electron chi connectivity index (χ4n) is 3.04. The number of primary amides is 1. The lowest BCUT2D eigenvalue weighted by molar-refractivity contribution is -0.118. The van der Waals surface area contributed by atoms with E-state index in [-0.39, 0.29) is 36.6 Å². The number of aliphatic hydroxyl groups is 1. The Labute approximate surface area is 160 Å². The number of nitrogens with two attached hydrogens (primary N) is 1. The largest absolute Gasteiger partial charge is 0.395 e. The minimum atomic E-state index is -0.595. The average molecular weight is 369 g/mol. The Kier molecular flexibility index (Phi) is 7.52. The Morgan fingerprint density at radius 3 is 2.30 bits per heavy atom. The highest BCUT2D eigenvalue weighted by atomic mass is 16.3. The van der Waals surface area contributed by atoms with E-state index in [2.05, 4.69) is 5.32 Å². The van der Waals surface area contributed by atoms with E-state index in [4.69, 9.17) is 5.73 Å². The topological polar surface area (TPSA) is 95.7 Å². The van der Waals surface area contributed by atoms with E-state index >= 15 is 0 Å². The van der Waals surface area contributed by atoms with Gasteiger partial charge in [0, 0.05) is 12.6 Å². The van der Waals surface area contributed by atoms with Crippen LogP contribution in [0.3, 0.4) is 0 Å². The zero-order chi connectivity index (χ0) is 19.8. The zero-order valence-electron chi connectivity index (χ0n) is 15.8. The molecule has 2 amide bonds. The molecule has 0 aliphatic rings. The van der Waals surface area contributed by atoms with Crippen molar-refractivity contribution in [2.24, 2.45) is 11.7 Å². The number of anilines is 1. The van der Waals surface area contributed by atoms with Gasteiger partial charge in [-0.3, -0.25) is 14.5 Å². The molecule has 0 spiro atoms. The molecule has 0 aromatic heterocycles. The van der Waals surface area contributed by atoms with Gasteiger partial charge in [-0.05, 0) is 23.6 Å². The summed E-state index contributed by atoms with van der Waals surface area (Å²) in [6, 6.07) is 16.3. The summed E-state index contributed by atoms with van der Waals surface area (Å²) in [5.74, 6) is -0.689. The van der Waals surface area contributed by atoms with Gasteiger partial charge in [-0.15, -0.1) is 0 Å². The van der Waals surface area contributed by atoms with Crippen LogP contribution >= 0.6 is 0 Å². The number of amides is 2. The number of nitrogens with zero attached hydrogens (tertiary/aromatic N) is 1. The molecule has 144 valence electrons. The molecule has 0 heterocycles. The Hall–Kier alpha value is -2.70. The van der Waals surface area contributed by atoms with E-state index in [1.54, 1.807) is 24.3 Å². The molecule has 1 atom stereocenters. The summed E-state index contributed by atoms with van der Waals surface area (Å²) < 4.78 is 0. The second kappa shape index (κ2) is 9.85. The number of aliphatic hydroxyl groups excluding tert-OH is 1. The summed E-state index contributed by atoms with van der Waals surface area (Å²) in [4.78, 5) is 26.1. The van der Waals surface area contributed by atoms with E-state index in [9.17, 15) is 14.7 Å². The fourth-order valence-corrected chi connectivity index (χ4v) is 3.04. The van der Waals surface area contributed by atoms with Crippen molar-refractivity contribution in [3.8, 4) is 0 Å². The van der Waals surface area contributed by atoms with Gasteiger partial charge in [0.15, 0.2) is 0 Å². The zero-order valence-corrected chi connectivity index (χ0v) is 15.8. The minimum Gasteiger partial charge on any atom is -0.395 e. The molecule has 6 heteroatoms. The SMILES string of the molecule is CC(C)C(CO)N(CC(=O)Nc1ccccc1C(N)=O)Cc1ccccc1. The normalized spacial score (nSPS) is 12.2. The lowest BCUT2D eigenvalue weighted by atomic mass is 10.0. The summed E-state index contributed by atoms with van der Waals surface area (Å²) in [5, 5.41) is 12.6. The maximum absolute atomic E-state index is 12.6. The van der Waals surface area contributed by atoms with Crippen molar-refractivity contribution in [2.45, 2.75) is 26.4 Å². The van der Waals surface area contributed by atoms with Crippen molar-refractivity contribution in [2.75, 3.05) is 18.5 Å². The van der Waals surface area contributed by atoms with Crippen LogP contribution in [0.2, 0.25) is 0 Å². The summed E-state index contributed by atoms with van der Waals surface area (Å²) in [6.07, 6.45) is 0. The molecule has 2 aromatic carbocycles. The van der Waals surface area contributed by atoms with Gasteiger partial charge in [0.05, 0.1) is 24.4 Å². The fraction of sp³-hybridized carbons (Fsp3) is 0.333. The molecule has 2 rings (SSSR count). The van der Waals surface area contributed by atoms with Gasteiger partial charge in [-0.2, -0.15) is 0 Å². The Morgan fingerprint density at radius 1 is 1.07 bits per heavy atom. The Morgan fingerprint density at radius 2 is 1.70 bits per heavy atom. The highest BCUT2D eigenvalue weighted by molar-refractivity contribution is 6.03. The van der Waals surface area contributed by atoms with Crippen LogP contribution in [0.15, 0.2) is 54.6 Å². The second-order valence-electron chi connectivity index (χ2n) is 6.84. The van der Waals surface area contributed by atoms with Crippen LogP contribution in [0.1, 0.15) is 29.8 Å². The van der Waals surface area contributed by atoms with Gasteiger partial charge >= 0.3 is 0 Å². The molecule has 0 saturated carbocycles. The van der Waals surface area contributed by atoms with Crippen molar-refractivity contribution < 1.29 is 14.7 Å². The van der Waals surface area contributed by atoms with Crippen molar-refractivity contribution in [1.29, 1.82) is 0 Å². The molecule has 0 radical (unpaired) electrons. The third-order valence-electron chi connectivity index (χ3n) is 4.47. The van der Waals surface area contributed by atoms with E-state index in [1.165, 1.54) is 0 Å². The number of benzene rings is 2. The van der Waals surface area contributed by atoms with Gasteiger partial charge in [0.2, 0.25) is 5.91 Å². The van der Waals surface area contributed by atoms with Gasteiger partial charge < -0.3 is 16.2 Å². The molecule has 27 heavy (non-hydrogen) atoms. The quantitative estimate of drug-likeness (QED) is 0.632. The summed E-state index contributed by atoms with van der Waals surface area (Å²) in [7, 11) is 0. The van der Waals surface area contributed by atoms with E-state index in [0.717, 1.165) is 5.56 Å². The standard InChI is InChI=1S/C21H27N3O3/c1-15(2)19(14-25)24(12-16-8-4-3-5-9-16)13-20(26)23-18-11-7-6-10-17(18)21(22)27/h3-11,15,19,25H,12-14H2,1-2H3,(H2,22,27)(H,23,26). The van der Waals surface area contributed by atoms with Crippen molar-refractivity contribution in [3.05, 3.63) is 65.7 Å². The van der Waals surface area contributed by atoms with E-state index in [0.29, 0.717) is 12.2 Å². The Bertz CT molecular complexity index is 762. The predicted molar refractivity (Wildman–Crippen MR) is 106 cm³/mol. The second-order valence-corrected chi connectivity index (χ2v) is 6.84. The first-order valence-electron chi connectivity index (χ1n) is 9.00. The molecule has 0 aliphatic heterocycles. The van der Waals surface area contributed by atoms with Crippen molar-refractivity contribution >= 4 is 17.5 Å². The third-order valence-corrected chi connectivity index (χ3v) is 4.47.